The summed E-state index contributed by atoms with van der Waals surface area (Å²) in [5.41, 5.74) is 2.06. The van der Waals surface area contributed by atoms with Gasteiger partial charge in [0.1, 0.15) is 6.61 Å². The molecule has 0 spiro atoms. The van der Waals surface area contributed by atoms with Crippen LogP contribution in [-0.2, 0) is 14.3 Å². The van der Waals surface area contributed by atoms with Crippen molar-refractivity contribution in [2.24, 2.45) is 5.41 Å². The summed E-state index contributed by atoms with van der Waals surface area (Å²) >= 11 is 0. The number of nitrogens with zero attached hydrogens (tertiary/aromatic N) is 1. The summed E-state index contributed by atoms with van der Waals surface area (Å²) in [6.45, 7) is 6.76. The molecule has 7 heteroatoms. The molecule has 2 aliphatic rings. The predicted molar refractivity (Wildman–Crippen MR) is 108 cm³/mol. The Hall–Kier alpha value is -2.12. The van der Waals surface area contributed by atoms with Crippen molar-refractivity contribution in [3.8, 4) is 0 Å². The number of hydrogen-bond acceptors (Lipinski definition) is 4. The molecule has 3 rings (SSSR count). The minimum absolute atomic E-state index is 0.0182. The molecule has 1 fully saturated rings. The molecule has 2 aliphatic heterocycles. The molecule has 2 atom stereocenters. The fraction of sp³-hybridized carbons (Fsp3) is 0.619. The number of carbonyl (C=O) groups is 2. The van der Waals surface area contributed by atoms with Crippen molar-refractivity contribution < 1.29 is 19.1 Å². The molecule has 1 aromatic rings. The molecule has 0 saturated carbocycles. The normalized spacial score (nSPS) is 22.0. The summed E-state index contributed by atoms with van der Waals surface area (Å²) in [6.07, 6.45) is 1.64. The second-order valence-electron chi connectivity index (χ2n) is 8.45. The zero-order valence-electron chi connectivity index (χ0n) is 17.0. The van der Waals surface area contributed by atoms with Gasteiger partial charge in [0.05, 0.1) is 12.6 Å². The lowest BCUT2D eigenvalue weighted by Gasteiger charge is -2.27. The molecule has 0 radical (unpaired) electrons. The van der Waals surface area contributed by atoms with E-state index < -0.39 is 0 Å². The Balaban J connectivity index is 1.64. The first kappa shape index (κ1) is 20.6. The molecular formula is C21H31N3O4. The van der Waals surface area contributed by atoms with Crippen molar-refractivity contribution in [2.45, 2.75) is 38.6 Å². The van der Waals surface area contributed by atoms with Crippen LogP contribution in [0.4, 0.5) is 10.5 Å². The van der Waals surface area contributed by atoms with Gasteiger partial charge >= 0.3 is 6.03 Å². The molecule has 0 bridgehead atoms. The fourth-order valence-corrected chi connectivity index (χ4v) is 3.84. The van der Waals surface area contributed by atoms with Crippen LogP contribution >= 0.6 is 0 Å². The maximum Gasteiger partial charge on any atom is 0.321 e. The third-order valence-electron chi connectivity index (χ3n) is 5.50. The van der Waals surface area contributed by atoms with Crippen LogP contribution in [0.5, 0.6) is 0 Å². The van der Waals surface area contributed by atoms with Crippen molar-refractivity contribution in [3.63, 3.8) is 0 Å². The maximum absolute atomic E-state index is 12.9. The van der Waals surface area contributed by atoms with E-state index in [4.69, 9.17) is 9.47 Å². The second-order valence-corrected chi connectivity index (χ2v) is 8.45. The highest BCUT2D eigenvalue weighted by Gasteiger charge is 2.35. The predicted octanol–water partition coefficient (Wildman–Crippen LogP) is 2.27. The molecule has 2 unspecified atom stereocenters. The number of anilines is 1. The first-order chi connectivity index (χ1) is 13.4. The molecule has 3 amide bonds. The Bertz CT molecular complexity index is 707. The number of carbonyl (C=O) groups excluding carboxylic acids is 2. The highest BCUT2D eigenvalue weighted by atomic mass is 16.5. The summed E-state index contributed by atoms with van der Waals surface area (Å²) in [4.78, 5) is 26.3. The molecule has 2 heterocycles. The number of rotatable bonds is 7. The van der Waals surface area contributed by atoms with Gasteiger partial charge in [-0.2, -0.15) is 0 Å². The summed E-state index contributed by atoms with van der Waals surface area (Å²) in [5, 5.41) is 6.07. The van der Waals surface area contributed by atoms with Gasteiger partial charge in [0.15, 0.2) is 0 Å². The van der Waals surface area contributed by atoms with Crippen molar-refractivity contribution in [2.75, 3.05) is 44.9 Å². The van der Waals surface area contributed by atoms with Gasteiger partial charge < -0.3 is 20.1 Å². The Kier molecular flexibility index (Phi) is 6.57. The Morgan fingerprint density at radius 1 is 1.39 bits per heavy atom. The standard InChI is InChI=1S/C21H31N3O4/c1-21(2,8-9-27-3)14-22-20(26)24-11-15(17-6-4-5-7-18(17)24)10-16-12-28-13-19(25)23-16/h4-7,15-16H,8-14H2,1-3H3,(H,22,26)(H,23,25). The van der Waals surface area contributed by atoms with Gasteiger partial charge in [-0.15, -0.1) is 0 Å². The van der Waals surface area contributed by atoms with Crippen LogP contribution in [0, 0.1) is 5.41 Å². The van der Waals surface area contributed by atoms with Crippen LogP contribution in [0.15, 0.2) is 24.3 Å². The van der Waals surface area contributed by atoms with E-state index in [1.165, 1.54) is 0 Å². The number of para-hydroxylation sites is 1. The number of ether oxygens (including phenoxy) is 2. The average Bonchev–Trinajstić information content (AvgIpc) is 3.03. The molecular weight excluding hydrogens is 358 g/mol. The van der Waals surface area contributed by atoms with Crippen molar-refractivity contribution in [1.29, 1.82) is 0 Å². The number of benzene rings is 1. The van der Waals surface area contributed by atoms with Gasteiger partial charge in [0.2, 0.25) is 5.91 Å². The molecule has 7 nitrogen and oxygen atoms in total. The first-order valence-corrected chi connectivity index (χ1v) is 9.90. The van der Waals surface area contributed by atoms with E-state index in [2.05, 4.69) is 30.5 Å². The molecule has 1 aromatic carbocycles. The van der Waals surface area contributed by atoms with Crippen LogP contribution in [0.2, 0.25) is 0 Å². The molecule has 2 N–H and O–H groups in total. The minimum atomic E-state index is -0.0793. The van der Waals surface area contributed by atoms with E-state index in [0.29, 0.717) is 26.3 Å². The van der Waals surface area contributed by atoms with Crippen LogP contribution in [0.1, 0.15) is 38.2 Å². The van der Waals surface area contributed by atoms with E-state index >= 15 is 0 Å². The lowest BCUT2D eigenvalue weighted by molar-refractivity contribution is -0.131. The SMILES string of the molecule is COCCC(C)(C)CNC(=O)N1CC(CC2COCC(=O)N2)c2ccccc21. The number of amides is 3. The summed E-state index contributed by atoms with van der Waals surface area (Å²) < 4.78 is 10.5. The topological polar surface area (TPSA) is 79.9 Å². The Morgan fingerprint density at radius 2 is 2.18 bits per heavy atom. The van der Waals surface area contributed by atoms with Gasteiger partial charge in [-0.1, -0.05) is 32.0 Å². The third kappa shape index (κ3) is 5.02. The van der Waals surface area contributed by atoms with Gasteiger partial charge in [0.25, 0.3) is 0 Å². The molecule has 0 aromatic heterocycles. The lowest BCUT2D eigenvalue weighted by Crippen LogP contribution is -2.47. The number of methoxy groups -OCH3 is 1. The average molecular weight is 389 g/mol. The van der Waals surface area contributed by atoms with Crippen LogP contribution < -0.4 is 15.5 Å². The van der Waals surface area contributed by atoms with E-state index in [9.17, 15) is 9.59 Å². The lowest BCUT2D eigenvalue weighted by atomic mass is 9.90. The van der Waals surface area contributed by atoms with E-state index in [1.54, 1.807) is 7.11 Å². The Labute approximate surface area is 166 Å². The van der Waals surface area contributed by atoms with E-state index in [0.717, 1.165) is 24.1 Å². The molecule has 0 aliphatic carbocycles. The molecule has 154 valence electrons. The molecule has 1 saturated heterocycles. The summed E-state index contributed by atoms with van der Waals surface area (Å²) in [5.74, 6) is 0.103. The van der Waals surface area contributed by atoms with Gasteiger partial charge in [-0.3, -0.25) is 9.69 Å². The first-order valence-electron chi connectivity index (χ1n) is 9.90. The van der Waals surface area contributed by atoms with E-state index in [-0.39, 0.29) is 35.9 Å². The van der Waals surface area contributed by atoms with Crippen LogP contribution in [0.25, 0.3) is 0 Å². The van der Waals surface area contributed by atoms with Gasteiger partial charge in [-0.25, -0.2) is 4.79 Å². The molecule has 28 heavy (non-hydrogen) atoms. The summed E-state index contributed by atoms with van der Waals surface area (Å²) in [7, 11) is 1.69. The van der Waals surface area contributed by atoms with Crippen LogP contribution in [-0.4, -0.2) is 58.0 Å². The number of hydrogen-bond donors (Lipinski definition) is 2. The maximum atomic E-state index is 12.9. The largest absolute Gasteiger partial charge is 0.385 e. The summed E-state index contributed by atoms with van der Waals surface area (Å²) in [6, 6.07) is 7.91. The number of urea groups is 1. The Morgan fingerprint density at radius 3 is 2.93 bits per heavy atom. The highest BCUT2D eigenvalue weighted by molar-refractivity contribution is 5.94. The van der Waals surface area contributed by atoms with Crippen molar-refractivity contribution >= 4 is 17.6 Å². The minimum Gasteiger partial charge on any atom is -0.385 e. The monoisotopic (exact) mass is 389 g/mol. The highest BCUT2D eigenvalue weighted by Crippen LogP contribution is 2.38. The number of nitrogens with one attached hydrogen (secondary N) is 2. The quantitative estimate of drug-likeness (QED) is 0.750. The van der Waals surface area contributed by atoms with E-state index in [1.807, 2.05) is 23.1 Å². The van der Waals surface area contributed by atoms with Gasteiger partial charge in [0, 0.05) is 38.4 Å². The van der Waals surface area contributed by atoms with Crippen molar-refractivity contribution in [3.05, 3.63) is 29.8 Å². The van der Waals surface area contributed by atoms with Crippen LogP contribution in [0.3, 0.4) is 0 Å². The third-order valence-corrected chi connectivity index (χ3v) is 5.50. The zero-order chi connectivity index (χ0) is 20.1. The van der Waals surface area contributed by atoms with Gasteiger partial charge in [-0.05, 0) is 29.9 Å². The number of morpholine rings is 1. The zero-order valence-corrected chi connectivity index (χ0v) is 17.0. The van der Waals surface area contributed by atoms with Crippen molar-refractivity contribution in [1.82, 2.24) is 10.6 Å². The second kappa shape index (κ2) is 8.92. The smallest absolute Gasteiger partial charge is 0.321 e. The number of fused-ring (bicyclic) bond motifs is 1. The fourth-order valence-electron chi connectivity index (χ4n) is 3.84.